The number of carbonyl (C=O) groups excluding carboxylic acids is 1. The molecule has 96 valence electrons. The molecule has 0 saturated heterocycles. The van der Waals surface area contributed by atoms with Crippen molar-refractivity contribution in [1.82, 2.24) is 0 Å². The minimum absolute atomic E-state index is 0.0971. The largest absolute Gasteiger partial charge is 0.469 e. The highest BCUT2D eigenvalue weighted by Gasteiger charge is 2.35. The fourth-order valence-electron chi connectivity index (χ4n) is 3.06. The van der Waals surface area contributed by atoms with E-state index in [1.165, 1.54) is 29.4 Å². The molecule has 0 N–H and O–H groups in total. The number of hydrogen-bond acceptors (Lipinski definition) is 2. The SMILES string of the molecule is COC(=O)C(C)C1c2ccccc2-c2ccccc21. The third-order valence-corrected chi connectivity index (χ3v) is 3.95. The van der Waals surface area contributed by atoms with Crippen LogP contribution < -0.4 is 0 Å². The maximum atomic E-state index is 11.9. The lowest BCUT2D eigenvalue weighted by Crippen LogP contribution is -2.20. The number of rotatable bonds is 2. The lowest BCUT2D eigenvalue weighted by molar-refractivity contribution is -0.145. The first-order chi connectivity index (χ1) is 9.24. The third-order valence-electron chi connectivity index (χ3n) is 3.95. The van der Waals surface area contributed by atoms with Crippen LogP contribution in [0.5, 0.6) is 0 Å². The first-order valence-corrected chi connectivity index (χ1v) is 6.50. The van der Waals surface area contributed by atoms with E-state index in [0.717, 1.165) is 0 Å². The highest BCUT2D eigenvalue weighted by atomic mass is 16.5. The maximum absolute atomic E-state index is 11.9. The van der Waals surface area contributed by atoms with E-state index < -0.39 is 0 Å². The highest BCUT2D eigenvalue weighted by molar-refractivity contribution is 5.83. The Hall–Kier alpha value is -2.09. The van der Waals surface area contributed by atoms with Crippen molar-refractivity contribution in [2.24, 2.45) is 5.92 Å². The van der Waals surface area contributed by atoms with Crippen LogP contribution in [0, 0.1) is 5.92 Å². The molecule has 2 heteroatoms. The van der Waals surface area contributed by atoms with Crippen molar-refractivity contribution < 1.29 is 9.53 Å². The third kappa shape index (κ3) is 1.75. The quantitative estimate of drug-likeness (QED) is 0.763. The lowest BCUT2D eigenvalue weighted by atomic mass is 9.85. The van der Waals surface area contributed by atoms with Crippen molar-refractivity contribution in [3.05, 3.63) is 59.7 Å². The number of hydrogen-bond donors (Lipinski definition) is 0. The molecule has 0 fully saturated rings. The molecule has 1 atom stereocenters. The Morgan fingerprint density at radius 2 is 1.47 bits per heavy atom. The summed E-state index contributed by atoms with van der Waals surface area (Å²) in [6.07, 6.45) is 0. The van der Waals surface area contributed by atoms with E-state index in [9.17, 15) is 4.79 Å². The van der Waals surface area contributed by atoms with Crippen LogP contribution in [0.2, 0.25) is 0 Å². The maximum Gasteiger partial charge on any atom is 0.309 e. The van der Waals surface area contributed by atoms with Crippen molar-refractivity contribution >= 4 is 5.97 Å². The summed E-state index contributed by atoms with van der Waals surface area (Å²) in [5.74, 6) is -0.230. The molecule has 0 aliphatic heterocycles. The molecule has 2 aromatic rings. The van der Waals surface area contributed by atoms with E-state index in [4.69, 9.17) is 4.74 Å². The summed E-state index contributed by atoms with van der Waals surface area (Å²) < 4.78 is 4.92. The summed E-state index contributed by atoms with van der Waals surface area (Å²) in [4.78, 5) is 11.9. The molecule has 0 aromatic heterocycles. The number of fused-ring (bicyclic) bond motifs is 3. The topological polar surface area (TPSA) is 26.3 Å². The van der Waals surface area contributed by atoms with Crippen LogP contribution >= 0.6 is 0 Å². The summed E-state index contributed by atoms with van der Waals surface area (Å²) in [5.41, 5.74) is 4.92. The van der Waals surface area contributed by atoms with Crippen LogP contribution in [0.4, 0.5) is 0 Å². The first-order valence-electron chi connectivity index (χ1n) is 6.50. The summed E-state index contributed by atoms with van der Waals surface area (Å²) in [5, 5.41) is 0. The minimum atomic E-state index is -0.171. The molecule has 0 heterocycles. The molecule has 0 bridgehead atoms. The molecule has 0 radical (unpaired) electrons. The van der Waals surface area contributed by atoms with Crippen molar-refractivity contribution in [1.29, 1.82) is 0 Å². The number of carbonyl (C=O) groups is 1. The van der Waals surface area contributed by atoms with Gasteiger partial charge in [-0.2, -0.15) is 0 Å². The van der Waals surface area contributed by atoms with E-state index >= 15 is 0 Å². The molecule has 1 aliphatic carbocycles. The van der Waals surface area contributed by atoms with Crippen LogP contribution in [0.1, 0.15) is 24.0 Å². The van der Waals surface area contributed by atoms with Crippen molar-refractivity contribution in [3.8, 4) is 11.1 Å². The van der Waals surface area contributed by atoms with Crippen LogP contribution in [0.25, 0.3) is 11.1 Å². The van der Waals surface area contributed by atoms with Crippen LogP contribution in [-0.4, -0.2) is 13.1 Å². The fourth-order valence-corrected chi connectivity index (χ4v) is 3.06. The van der Waals surface area contributed by atoms with Crippen LogP contribution in [-0.2, 0) is 9.53 Å². The Kier molecular flexibility index (Phi) is 2.86. The second-order valence-corrected chi connectivity index (χ2v) is 4.96. The molecule has 19 heavy (non-hydrogen) atoms. The Bertz CT molecular complexity index is 585. The van der Waals surface area contributed by atoms with Crippen LogP contribution in [0.3, 0.4) is 0 Å². The molecular formula is C17H16O2. The normalized spacial score (nSPS) is 14.6. The fraction of sp³-hybridized carbons (Fsp3) is 0.235. The second-order valence-electron chi connectivity index (χ2n) is 4.96. The average Bonchev–Trinajstić information content (AvgIpc) is 2.80. The van der Waals surface area contributed by atoms with E-state index in [2.05, 4.69) is 24.3 Å². The number of ether oxygens (including phenoxy) is 1. The van der Waals surface area contributed by atoms with Crippen molar-refractivity contribution in [2.75, 3.05) is 7.11 Å². The minimum Gasteiger partial charge on any atom is -0.469 e. The Morgan fingerprint density at radius 3 is 1.95 bits per heavy atom. The molecule has 3 rings (SSSR count). The molecular weight excluding hydrogens is 236 g/mol. The summed E-state index contributed by atoms with van der Waals surface area (Å²) in [7, 11) is 1.45. The number of benzene rings is 2. The smallest absolute Gasteiger partial charge is 0.309 e. The zero-order valence-electron chi connectivity index (χ0n) is 11.1. The van der Waals surface area contributed by atoms with E-state index in [-0.39, 0.29) is 17.8 Å². The summed E-state index contributed by atoms with van der Waals surface area (Å²) in [6.45, 7) is 1.94. The zero-order valence-corrected chi connectivity index (χ0v) is 11.1. The van der Waals surface area contributed by atoms with Gasteiger partial charge in [-0.15, -0.1) is 0 Å². The van der Waals surface area contributed by atoms with Gasteiger partial charge in [0.25, 0.3) is 0 Å². The predicted molar refractivity (Wildman–Crippen MR) is 74.9 cm³/mol. The van der Waals surface area contributed by atoms with Gasteiger partial charge in [-0.25, -0.2) is 0 Å². The Balaban J connectivity index is 2.17. The highest BCUT2D eigenvalue weighted by Crippen LogP contribution is 2.48. The second kappa shape index (κ2) is 4.54. The standard InChI is InChI=1S/C17H16O2/c1-11(17(18)19-2)16-14-9-5-3-7-12(14)13-8-4-6-10-15(13)16/h3-11,16H,1-2H3. The van der Waals surface area contributed by atoms with Gasteiger partial charge in [0.15, 0.2) is 0 Å². The van der Waals surface area contributed by atoms with Gasteiger partial charge in [-0.1, -0.05) is 55.5 Å². The summed E-state index contributed by atoms with van der Waals surface area (Å²) in [6, 6.07) is 16.6. The van der Waals surface area contributed by atoms with Gasteiger partial charge in [0.05, 0.1) is 13.0 Å². The Labute approximate surface area is 113 Å². The van der Waals surface area contributed by atoms with E-state index in [0.29, 0.717) is 0 Å². The molecule has 0 saturated carbocycles. The number of methoxy groups -OCH3 is 1. The molecule has 1 unspecified atom stereocenters. The van der Waals surface area contributed by atoms with Gasteiger partial charge in [0.1, 0.15) is 0 Å². The zero-order chi connectivity index (χ0) is 13.4. The summed E-state index contributed by atoms with van der Waals surface area (Å²) >= 11 is 0. The lowest BCUT2D eigenvalue weighted by Gasteiger charge is -2.19. The Morgan fingerprint density at radius 1 is 1.00 bits per heavy atom. The van der Waals surface area contributed by atoms with Crippen molar-refractivity contribution in [3.63, 3.8) is 0 Å². The van der Waals surface area contributed by atoms with Crippen molar-refractivity contribution in [2.45, 2.75) is 12.8 Å². The molecule has 0 spiro atoms. The van der Waals surface area contributed by atoms with Gasteiger partial charge < -0.3 is 4.74 Å². The molecule has 2 aromatic carbocycles. The number of esters is 1. The predicted octanol–water partition coefficient (Wildman–Crippen LogP) is 3.61. The molecule has 0 amide bonds. The molecule has 2 nitrogen and oxygen atoms in total. The molecule has 1 aliphatic rings. The van der Waals surface area contributed by atoms with E-state index in [1.807, 2.05) is 31.2 Å². The van der Waals surface area contributed by atoms with Gasteiger partial charge in [0, 0.05) is 5.92 Å². The first kappa shape index (κ1) is 12.0. The van der Waals surface area contributed by atoms with Gasteiger partial charge >= 0.3 is 5.97 Å². The van der Waals surface area contributed by atoms with Gasteiger partial charge in [0.2, 0.25) is 0 Å². The van der Waals surface area contributed by atoms with Gasteiger partial charge in [-0.3, -0.25) is 4.79 Å². The average molecular weight is 252 g/mol. The van der Waals surface area contributed by atoms with Crippen LogP contribution in [0.15, 0.2) is 48.5 Å². The van der Waals surface area contributed by atoms with Gasteiger partial charge in [-0.05, 0) is 22.3 Å². The van der Waals surface area contributed by atoms with E-state index in [1.54, 1.807) is 0 Å². The monoisotopic (exact) mass is 252 g/mol.